The summed E-state index contributed by atoms with van der Waals surface area (Å²) < 4.78 is 0. The number of rotatable bonds is 7. The van der Waals surface area contributed by atoms with Crippen molar-refractivity contribution in [3.8, 4) is 55.6 Å². The van der Waals surface area contributed by atoms with Gasteiger partial charge in [-0.2, -0.15) is 0 Å². The van der Waals surface area contributed by atoms with Crippen LogP contribution in [0.1, 0.15) is 47.2 Å². The zero-order chi connectivity index (χ0) is 43.5. The second-order valence-electron chi connectivity index (χ2n) is 18.0. The summed E-state index contributed by atoms with van der Waals surface area (Å²) in [6, 6.07) is 92.0. The van der Waals surface area contributed by atoms with Crippen LogP contribution in [-0.2, 0) is 10.8 Å². The third kappa shape index (κ3) is 6.07. The summed E-state index contributed by atoms with van der Waals surface area (Å²) in [5.41, 5.74) is 22.9. The molecule has 1 nitrogen and oxygen atoms in total. The van der Waals surface area contributed by atoms with Gasteiger partial charge in [0.2, 0.25) is 0 Å². The lowest BCUT2D eigenvalue weighted by Gasteiger charge is -2.46. The third-order valence-electron chi connectivity index (χ3n) is 14.2. The lowest BCUT2D eigenvalue weighted by atomic mass is 9.55. The number of fused-ring (bicyclic) bond motifs is 9. The minimum atomic E-state index is -0.485. The SMILES string of the molecule is CC1(C)c2ccccc2C2(c3ccccc3-c3ccc(-c4ccccc4N(c4cccc(-c5ccccc5)c4)c4ccc(-c5ccccc5)c(-c5ccccc5)c4)cc32)c2ccccc21. The molecule has 0 fully saturated rings. The zero-order valence-electron chi connectivity index (χ0n) is 36.6. The van der Waals surface area contributed by atoms with Crippen LogP contribution in [0, 0.1) is 0 Å². The predicted molar refractivity (Wildman–Crippen MR) is 272 cm³/mol. The summed E-state index contributed by atoms with van der Waals surface area (Å²) in [4.78, 5) is 2.47. The van der Waals surface area contributed by atoms with Crippen LogP contribution in [0.3, 0.4) is 0 Å². The second kappa shape index (κ2) is 15.4. The van der Waals surface area contributed by atoms with Crippen molar-refractivity contribution < 1.29 is 0 Å². The molecule has 2 aliphatic carbocycles. The number of anilines is 3. The van der Waals surface area contributed by atoms with E-state index in [0.717, 1.165) is 22.6 Å². The van der Waals surface area contributed by atoms with Crippen molar-refractivity contribution in [2.75, 3.05) is 4.90 Å². The number of nitrogens with zero attached hydrogens (tertiary/aromatic N) is 1. The molecule has 0 heterocycles. The largest absolute Gasteiger partial charge is 0.310 e. The molecule has 0 radical (unpaired) electrons. The van der Waals surface area contributed by atoms with Crippen molar-refractivity contribution in [1.29, 1.82) is 0 Å². The van der Waals surface area contributed by atoms with Gasteiger partial charge in [0.1, 0.15) is 0 Å². The number of hydrogen-bond donors (Lipinski definition) is 0. The average molecular weight is 830 g/mol. The monoisotopic (exact) mass is 829 g/mol. The summed E-state index contributed by atoms with van der Waals surface area (Å²) in [5.74, 6) is 0. The van der Waals surface area contributed by atoms with Crippen molar-refractivity contribution in [3.63, 3.8) is 0 Å². The smallest absolute Gasteiger partial charge is 0.0719 e. The van der Waals surface area contributed by atoms with Gasteiger partial charge in [0.25, 0.3) is 0 Å². The highest BCUT2D eigenvalue weighted by atomic mass is 15.1. The molecule has 0 atom stereocenters. The van der Waals surface area contributed by atoms with E-state index in [4.69, 9.17) is 0 Å². The van der Waals surface area contributed by atoms with Gasteiger partial charge in [0.15, 0.2) is 0 Å². The molecule has 12 rings (SSSR count). The van der Waals surface area contributed by atoms with Crippen molar-refractivity contribution in [3.05, 3.63) is 282 Å². The van der Waals surface area contributed by atoms with Gasteiger partial charge in [-0.05, 0) is 120 Å². The van der Waals surface area contributed by atoms with Crippen molar-refractivity contribution in [2.45, 2.75) is 24.7 Å². The fourth-order valence-electron chi connectivity index (χ4n) is 11.2. The van der Waals surface area contributed by atoms with E-state index in [9.17, 15) is 0 Å². The van der Waals surface area contributed by atoms with E-state index < -0.39 is 5.41 Å². The first-order valence-electron chi connectivity index (χ1n) is 22.8. The van der Waals surface area contributed by atoms with Gasteiger partial charge < -0.3 is 4.90 Å². The fourth-order valence-corrected chi connectivity index (χ4v) is 11.2. The Bertz CT molecular complexity index is 3350. The maximum Gasteiger partial charge on any atom is 0.0719 e. The lowest BCUT2D eigenvalue weighted by Crippen LogP contribution is -2.40. The quantitative estimate of drug-likeness (QED) is 0.155. The molecule has 0 aliphatic heterocycles. The van der Waals surface area contributed by atoms with Crippen LogP contribution in [-0.4, -0.2) is 0 Å². The Morgan fingerprint density at radius 2 is 0.738 bits per heavy atom. The molecule has 65 heavy (non-hydrogen) atoms. The zero-order valence-corrected chi connectivity index (χ0v) is 36.6. The molecular formula is C64H47N. The predicted octanol–water partition coefficient (Wildman–Crippen LogP) is 16.8. The molecule has 0 saturated heterocycles. The van der Waals surface area contributed by atoms with Gasteiger partial charge in [0, 0.05) is 22.4 Å². The molecule has 308 valence electrons. The van der Waals surface area contributed by atoms with Gasteiger partial charge in [-0.25, -0.2) is 0 Å². The molecule has 0 N–H and O–H groups in total. The Morgan fingerprint density at radius 1 is 0.262 bits per heavy atom. The minimum absolute atomic E-state index is 0.163. The molecule has 0 aromatic heterocycles. The molecule has 0 bridgehead atoms. The summed E-state index contributed by atoms with van der Waals surface area (Å²) in [5, 5.41) is 0. The van der Waals surface area contributed by atoms with E-state index in [1.807, 2.05) is 0 Å². The lowest BCUT2D eigenvalue weighted by molar-refractivity contribution is 0.563. The maximum absolute atomic E-state index is 2.52. The summed E-state index contributed by atoms with van der Waals surface area (Å²) in [6.45, 7) is 4.78. The van der Waals surface area contributed by atoms with Crippen LogP contribution in [0.4, 0.5) is 17.1 Å². The normalized spacial score (nSPS) is 13.6. The van der Waals surface area contributed by atoms with E-state index >= 15 is 0 Å². The topological polar surface area (TPSA) is 3.24 Å². The standard InChI is InChI=1S/C64H47N/c1-63(2)57-32-15-17-34-59(57)64(60-35-18-16-33-58(60)63)56-31-14-12-30-53(56)54-39-37-48(42-61(54)64)52-29-13-19-36-62(52)65(49-28-20-27-47(41-49)44-21-6-3-7-22-44)50-38-40-51(45-23-8-4-9-24-45)55(43-50)46-25-10-5-11-26-46/h3-43H,1-2H3. The first-order chi connectivity index (χ1) is 32.0. The Kier molecular flexibility index (Phi) is 9.14. The van der Waals surface area contributed by atoms with E-state index in [-0.39, 0.29) is 5.41 Å². The highest BCUT2D eigenvalue weighted by Gasteiger charge is 2.53. The first-order valence-corrected chi connectivity index (χ1v) is 22.8. The van der Waals surface area contributed by atoms with Crippen LogP contribution >= 0.6 is 0 Å². The number of para-hydroxylation sites is 1. The van der Waals surface area contributed by atoms with Gasteiger partial charge >= 0.3 is 0 Å². The van der Waals surface area contributed by atoms with Crippen molar-refractivity contribution >= 4 is 17.1 Å². The Morgan fingerprint density at radius 3 is 1.40 bits per heavy atom. The summed E-state index contributed by atoms with van der Waals surface area (Å²) in [6.07, 6.45) is 0. The molecule has 1 heteroatoms. The van der Waals surface area contributed by atoms with Crippen LogP contribution in [0.2, 0.25) is 0 Å². The highest BCUT2D eigenvalue weighted by Crippen LogP contribution is 2.62. The van der Waals surface area contributed by atoms with Crippen molar-refractivity contribution in [1.82, 2.24) is 0 Å². The molecular weight excluding hydrogens is 783 g/mol. The van der Waals surface area contributed by atoms with Crippen LogP contribution in [0.15, 0.2) is 249 Å². The fraction of sp³-hybridized carbons (Fsp3) is 0.0625. The molecule has 10 aromatic carbocycles. The maximum atomic E-state index is 2.52. The molecule has 0 unspecified atom stereocenters. The third-order valence-corrected chi connectivity index (χ3v) is 14.2. The van der Waals surface area contributed by atoms with Crippen LogP contribution in [0.5, 0.6) is 0 Å². The molecule has 10 aromatic rings. The number of benzene rings is 10. The molecule has 0 saturated carbocycles. The van der Waals surface area contributed by atoms with E-state index in [1.54, 1.807) is 0 Å². The van der Waals surface area contributed by atoms with Gasteiger partial charge in [0.05, 0.1) is 11.1 Å². The van der Waals surface area contributed by atoms with Crippen LogP contribution in [0.25, 0.3) is 55.6 Å². The molecule has 0 amide bonds. The first kappa shape index (κ1) is 38.7. The van der Waals surface area contributed by atoms with Gasteiger partial charge in [-0.3, -0.25) is 0 Å². The van der Waals surface area contributed by atoms with Gasteiger partial charge in [-0.15, -0.1) is 0 Å². The number of hydrogen-bond acceptors (Lipinski definition) is 1. The minimum Gasteiger partial charge on any atom is -0.310 e. The van der Waals surface area contributed by atoms with Gasteiger partial charge in [-0.1, -0.05) is 226 Å². The Hall–Kier alpha value is -8.00. The average Bonchev–Trinajstić information content (AvgIpc) is 3.67. The van der Waals surface area contributed by atoms with Crippen molar-refractivity contribution in [2.24, 2.45) is 0 Å². The molecule has 2 aliphatic rings. The Labute approximate surface area is 382 Å². The van der Waals surface area contributed by atoms with E-state index in [0.29, 0.717) is 0 Å². The van der Waals surface area contributed by atoms with E-state index in [2.05, 4.69) is 267 Å². The summed E-state index contributed by atoms with van der Waals surface area (Å²) in [7, 11) is 0. The van der Waals surface area contributed by atoms with E-state index in [1.165, 1.54) is 83.5 Å². The highest BCUT2D eigenvalue weighted by molar-refractivity contribution is 5.95. The Balaban J connectivity index is 1.11. The molecule has 1 spiro atoms. The summed E-state index contributed by atoms with van der Waals surface area (Å²) >= 11 is 0. The van der Waals surface area contributed by atoms with Crippen LogP contribution < -0.4 is 4.90 Å². The second-order valence-corrected chi connectivity index (χ2v) is 18.0.